The molecular formula is C10H17O2. The molecular weight excluding hydrogens is 152 g/mol. The van der Waals surface area contributed by atoms with Crippen LogP contribution in [0.2, 0.25) is 0 Å². The lowest BCUT2D eigenvalue weighted by molar-refractivity contribution is -0.222. The van der Waals surface area contributed by atoms with Gasteiger partial charge in [0, 0.05) is 0 Å². The molecule has 0 aromatic rings. The maximum Gasteiger partial charge on any atom is 0.111 e. The summed E-state index contributed by atoms with van der Waals surface area (Å²) in [4.78, 5) is 0. The van der Waals surface area contributed by atoms with E-state index in [1.54, 1.807) is 0 Å². The number of aliphatic hydroxyl groups is 1. The van der Waals surface area contributed by atoms with Gasteiger partial charge in [-0.2, -0.15) is 0 Å². The molecule has 69 valence electrons. The quantitative estimate of drug-likeness (QED) is 0.636. The molecule has 3 saturated carbocycles. The minimum Gasteiger partial charge on any atom is -0.387 e. The Kier molecular flexibility index (Phi) is 1.59. The standard InChI is InChI=1S/C10H17O2/c1-9(2)7-3-4-10(12,6-11)8(9)5-7/h7-8,12H,3-6H2,1-2H3. The van der Waals surface area contributed by atoms with E-state index in [0.29, 0.717) is 0 Å². The van der Waals surface area contributed by atoms with Gasteiger partial charge in [0.1, 0.15) is 6.61 Å². The molecule has 0 aliphatic heterocycles. The molecule has 0 saturated heterocycles. The molecule has 2 heteroatoms. The van der Waals surface area contributed by atoms with Crippen molar-refractivity contribution in [1.29, 1.82) is 0 Å². The van der Waals surface area contributed by atoms with Gasteiger partial charge in [0.05, 0.1) is 5.60 Å². The van der Waals surface area contributed by atoms with Crippen molar-refractivity contribution in [3.05, 3.63) is 0 Å². The first-order valence-electron chi connectivity index (χ1n) is 4.81. The first-order valence-corrected chi connectivity index (χ1v) is 4.81. The van der Waals surface area contributed by atoms with Crippen LogP contribution in [0.15, 0.2) is 0 Å². The van der Waals surface area contributed by atoms with Crippen LogP contribution in [0, 0.1) is 17.3 Å². The number of rotatable bonds is 1. The van der Waals surface area contributed by atoms with E-state index in [9.17, 15) is 10.2 Å². The first-order chi connectivity index (χ1) is 5.50. The Balaban J connectivity index is 2.21. The maximum atomic E-state index is 10.9. The van der Waals surface area contributed by atoms with E-state index in [1.165, 1.54) is 0 Å². The van der Waals surface area contributed by atoms with E-state index in [4.69, 9.17) is 0 Å². The second-order valence-corrected chi connectivity index (χ2v) is 5.09. The highest BCUT2D eigenvalue weighted by molar-refractivity contribution is 5.10. The second-order valence-electron chi connectivity index (χ2n) is 5.09. The summed E-state index contributed by atoms with van der Waals surface area (Å²) >= 11 is 0. The van der Waals surface area contributed by atoms with E-state index in [1.807, 2.05) is 0 Å². The monoisotopic (exact) mass is 169 g/mol. The van der Waals surface area contributed by atoms with Crippen molar-refractivity contribution in [3.63, 3.8) is 0 Å². The molecule has 3 atom stereocenters. The summed E-state index contributed by atoms with van der Waals surface area (Å²) < 4.78 is 0. The fourth-order valence-corrected chi connectivity index (χ4v) is 3.19. The SMILES string of the molecule is CC1(C)C2CCC(O)(C[O])C1C2. The minimum absolute atomic E-state index is 0.220. The third-order valence-corrected chi connectivity index (χ3v) is 4.29. The molecule has 0 heterocycles. The van der Waals surface area contributed by atoms with Crippen LogP contribution in [-0.4, -0.2) is 17.3 Å². The zero-order chi connectivity index (χ0) is 8.98. The molecule has 3 fully saturated rings. The number of fused-ring (bicyclic) bond motifs is 2. The van der Waals surface area contributed by atoms with Gasteiger partial charge in [-0.3, -0.25) is 0 Å². The fraction of sp³-hybridized carbons (Fsp3) is 1.00. The second kappa shape index (κ2) is 2.24. The Bertz CT molecular complexity index is 198. The van der Waals surface area contributed by atoms with Crippen LogP contribution in [0.5, 0.6) is 0 Å². The Morgan fingerprint density at radius 3 is 2.50 bits per heavy atom. The summed E-state index contributed by atoms with van der Waals surface area (Å²) in [5.74, 6) is 1.02. The number of hydrogen-bond donors (Lipinski definition) is 1. The summed E-state index contributed by atoms with van der Waals surface area (Å²) in [6.45, 7) is 4.06. The van der Waals surface area contributed by atoms with E-state index in [2.05, 4.69) is 13.8 Å². The van der Waals surface area contributed by atoms with Gasteiger partial charge in [-0.25, -0.2) is 5.11 Å². The highest BCUT2D eigenvalue weighted by Crippen LogP contribution is 2.62. The third kappa shape index (κ3) is 0.826. The van der Waals surface area contributed by atoms with Gasteiger partial charge >= 0.3 is 0 Å². The van der Waals surface area contributed by atoms with Gasteiger partial charge in [0.25, 0.3) is 0 Å². The van der Waals surface area contributed by atoms with Crippen LogP contribution in [-0.2, 0) is 5.11 Å². The van der Waals surface area contributed by atoms with Gasteiger partial charge < -0.3 is 5.11 Å². The first kappa shape index (κ1) is 8.52. The van der Waals surface area contributed by atoms with E-state index in [0.717, 1.165) is 25.2 Å². The fourth-order valence-electron chi connectivity index (χ4n) is 3.19. The van der Waals surface area contributed by atoms with Crippen molar-refractivity contribution in [2.24, 2.45) is 17.3 Å². The average Bonchev–Trinajstić information content (AvgIpc) is 2.04. The van der Waals surface area contributed by atoms with Gasteiger partial charge in [-0.15, -0.1) is 0 Å². The summed E-state index contributed by atoms with van der Waals surface area (Å²) in [7, 11) is 0. The molecule has 12 heavy (non-hydrogen) atoms. The predicted octanol–water partition coefficient (Wildman–Crippen LogP) is 1.60. The molecule has 2 nitrogen and oxygen atoms in total. The Morgan fingerprint density at radius 2 is 2.17 bits per heavy atom. The molecule has 1 N–H and O–H groups in total. The molecule has 0 aromatic carbocycles. The average molecular weight is 169 g/mol. The molecule has 0 spiro atoms. The van der Waals surface area contributed by atoms with E-state index in [-0.39, 0.29) is 17.9 Å². The molecule has 3 rings (SSSR count). The lowest BCUT2D eigenvalue weighted by Crippen LogP contribution is -2.62. The Hall–Kier alpha value is -0.0800. The minimum atomic E-state index is -0.877. The predicted molar refractivity (Wildman–Crippen MR) is 45.1 cm³/mol. The number of hydrogen-bond acceptors (Lipinski definition) is 1. The molecule has 3 aliphatic carbocycles. The normalized spacial score (nSPS) is 50.0. The van der Waals surface area contributed by atoms with Crippen molar-refractivity contribution >= 4 is 0 Å². The summed E-state index contributed by atoms with van der Waals surface area (Å²) in [5.41, 5.74) is -0.657. The highest BCUT2D eigenvalue weighted by Gasteiger charge is 2.60. The van der Waals surface area contributed by atoms with Crippen molar-refractivity contribution in [2.75, 3.05) is 6.61 Å². The molecule has 3 unspecified atom stereocenters. The van der Waals surface area contributed by atoms with Crippen LogP contribution < -0.4 is 0 Å². The maximum absolute atomic E-state index is 10.9. The van der Waals surface area contributed by atoms with E-state index >= 15 is 0 Å². The summed E-state index contributed by atoms with van der Waals surface area (Å²) in [6, 6.07) is 0. The van der Waals surface area contributed by atoms with Crippen LogP contribution in [0.3, 0.4) is 0 Å². The Labute approximate surface area is 73.6 Å². The zero-order valence-electron chi connectivity index (χ0n) is 7.84. The van der Waals surface area contributed by atoms with Crippen molar-refractivity contribution in [3.8, 4) is 0 Å². The van der Waals surface area contributed by atoms with Gasteiger partial charge in [0.15, 0.2) is 0 Å². The van der Waals surface area contributed by atoms with Gasteiger partial charge in [-0.05, 0) is 36.5 Å². The lowest BCUT2D eigenvalue weighted by Gasteiger charge is -2.62. The zero-order valence-corrected chi connectivity index (χ0v) is 7.84. The highest BCUT2D eigenvalue weighted by atomic mass is 16.3. The molecule has 3 aliphatic rings. The lowest BCUT2D eigenvalue weighted by atomic mass is 9.44. The van der Waals surface area contributed by atoms with Crippen LogP contribution in [0.4, 0.5) is 0 Å². The molecule has 0 aromatic heterocycles. The molecule has 0 amide bonds. The largest absolute Gasteiger partial charge is 0.387 e. The molecule has 2 bridgehead atoms. The smallest absolute Gasteiger partial charge is 0.111 e. The molecule has 1 radical (unpaired) electrons. The van der Waals surface area contributed by atoms with Crippen LogP contribution >= 0.6 is 0 Å². The van der Waals surface area contributed by atoms with E-state index < -0.39 is 5.60 Å². The Morgan fingerprint density at radius 1 is 1.50 bits per heavy atom. The summed E-state index contributed by atoms with van der Waals surface area (Å²) in [6.07, 6.45) is 2.85. The van der Waals surface area contributed by atoms with Crippen LogP contribution in [0.25, 0.3) is 0 Å². The van der Waals surface area contributed by atoms with Gasteiger partial charge in [-0.1, -0.05) is 13.8 Å². The van der Waals surface area contributed by atoms with Crippen molar-refractivity contribution in [1.82, 2.24) is 0 Å². The van der Waals surface area contributed by atoms with Crippen molar-refractivity contribution < 1.29 is 10.2 Å². The van der Waals surface area contributed by atoms with Crippen LogP contribution in [0.1, 0.15) is 33.1 Å². The van der Waals surface area contributed by atoms with Crippen molar-refractivity contribution in [2.45, 2.75) is 38.7 Å². The summed E-state index contributed by atoms with van der Waals surface area (Å²) in [5, 5.41) is 20.9. The third-order valence-electron chi connectivity index (χ3n) is 4.29. The topological polar surface area (TPSA) is 40.1 Å². The van der Waals surface area contributed by atoms with Gasteiger partial charge in [0.2, 0.25) is 0 Å².